The first-order valence-electron chi connectivity index (χ1n) is 6.05. The average Bonchev–Trinajstić information content (AvgIpc) is 2.38. The molecule has 0 fully saturated rings. The van der Waals surface area contributed by atoms with Crippen LogP contribution in [0.5, 0.6) is 5.75 Å². The second-order valence-electron chi connectivity index (χ2n) is 3.70. The Morgan fingerprint density at radius 3 is 1.81 bits per heavy atom. The van der Waals surface area contributed by atoms with Gasteiger partial charge in [-0.15, -0.1) is 0 Å². The Hall–Kier alpha value is 0.150. The third kappa shape index (κ3) is 5.69. The lowest BCUT2D eigenvalue weighted by atomic mass is 10.3. The number of esters is 2. The van der Waals surface area contributed by atoms with Crippen molar-refractivity contribution in [2.75, 3.05) is 13.2 Å². The van der Waals surface area contributed by atoms with E-state index in [2.05, 4.69) is 67.8 Å². The molecule has 0 aromatic heterocycles. The summed E-state index contributed by atoms with van der Waals surface area (Å²) in [4.78, 5) is 23.8. The highest BCUT2D eigenvalue weighted by atomic mass is 127. The van der Waals surface area contributed by atoms with Gasteiger partial charge in [-0.1, -0.05) is 0 Å². The maximum atomic E-state index is 11.9. The Morgan fingerprint density at radius 1 is 1.00 bits per heavy atom. The third-order valence-electron chi connectivity index (χ3n) is 2.20. The fourth-order valence-corrected chi connectivity index (χ4v) is 5.22. The molecular formula is C13H13I3O5. The molecule has 0 amide bonds. The Morgan fingerprint density at radius 2 is 1.43 bits per heavy atom. The molecule has 0 unspecified atom stereocenters. The summed E-state index contributed by atoms with van der Waals surface area (Å²) in [6, 6.07) is 3.79. The predicted octanol–water partition coefficient (Wildman–Crippen LogP) is 3.37. The summed E-state index contributed by atoms with van der Waals surface area (Å²) in [6.07, 6.45) is -1.41. The summed E-state index contributed by atoms with van der Waals surface area (Å²) in [6.45, 7) is 3.66. The van der Waals surface area contributed by atoms with E-state index in [0.29, 0.717) is 5.75 Å². The van der Waals surface area contributed by atoms with E-state index in [1.54, 1.807) is 13.8 Å². The second-order valence-corrected chi connectivity index (χ2v) is 7.27. The molecule has 1 aromatic carbocycles. The molecule has 1 rings (SSSR count). The van der Waals surface area contributed by atoms with Crippen LogP contribution in [0, 0.1) is 10.7 Å². The van der Waals surface area contributed by atoms with Crippen LogP contribution in [-0.2, 0) is 19.1 Å². The van der Waals surface area contributed by atoms with Crippen LogP contribution in [0.2, 0.25) is 0 Å². The summed E-state index contributed by atoms with van der Waals surface area (Å²) in [5.74, 6) is -1.02. The monoisotopic (exact) mass is 630 g/mol. The Labute approximate surface area is 163 Å². The topological polar surface area (TPSA) is 61.8 Å². The van der Waals surface area contributed by atoms with Crippen molar-refractivity contribution >= 4 is 79.7 Å². The van der Waals surface area contributed by atoms with Gasteiger partial charge in [0.2, 0.25) is 0 Å². The number of hydrogen-bond acceptors (Lipinski definition) is 5. The van der Waals surface area contributed by atoms with Gasteiger partial charge < -0.3 is 14.2 Å². The summed E-state index contributed by atoms with van der Waals surface area (Å²) in [7, 11) is 0. The lowest BCUT2D eigenvalue weighted by molar-refractivity contribution is -0.166. The van der Waals surface area contributed by atoms with Crippen molar-refractivity contribution in [3.05, 3.63) is 22.8 Å². The van der Waals surface area contributed by atoms with Gasteiger partial charge in [-0.05, 0) is 93.8 Å². The molecule has 0 N–H and O–H groups in total. The predicted molar refractivity (Wildman–Crippen MR) is 102 cm³/mol. The Bertz CT molecular complexity index is 492. The van der Waals surface area contributed by atoms with Crippen molar-refractivity contribution in [3.63, 3.8) is 0 Å². The zero-order valence-corrected chi connectivity index (χ0v) is 17.8. The van der Waals surface area contributed by atoms with Crippen LogP contribution >= 0.6 is 67.8 Å². The molecule has 0 saturated heterocycles. The fraction of sp³-hybridized carbons (Fsp3) is 0.385. The molecule has 0 atom stereocenters. The largest absolute Gasteiger partial charge is 0.465 e. The fourth-order valence-electron chi connectivity index (χ4n) is 1.39. The molecule has 5 nitrogen and oxygen atoms in total. The van der Waals surface area contributed by atoms with Crippen molar-refractivity contribution in [1.29, 1.82) is 0 Å². The van der Waals surface area contributed by atoms with E-state index in [4.69, 9.17) is 14.2 Å². The molecule has 0 bridgehead atoms. The van der Waals surface area contributed by atoms with Gasteiger partial charge in [0.15, 0.2) is 0 Å². The van der Waals surface area contributed by atoms with Crippen LogP contribution < -0.4 is 4.74 Å². The third-order valence-corrected chi connectivity index (χ3v) is 4.43. The lowest BCUT2D eigenvalue weighted by Gasteiger charge is -2.18. The van der Waals surface area contributed by atoms with Gasteiger partial charge in [0.05, 0.1) is 20.4 Å². The Balaban J connectivity index is 3.06. The summed E-state index contributed by atoms with van der Waals surface area (Å²) >= 11 is 6.38. The molecule has 21 heavy (non-hydrogen) atoms. The summed E-state index contributed by atoms with van der Waals surface area (Å²) in [5, 5.41) is 0. The summed E-state index contributed by atoms with van der Waals surface area (Å²) < 4.78 is 18.0. The Kier molecular flexibility index (Phi) is 8.52. The molecule has 0 aliphatic carbocycles. The highest BCUT2D eigenvalue weighted by Gasteiger charge is 2.33. The van der Waals surface area contributed by atoms with E-state index in [1.807, 2.05) is 12.1 Å². The van der Waals surface area contributed by atoms with E-state index < -0.39 is 18.0 Å². The molecule has 0 aliphatic heterocycles. The number of carbonyl (C=O) groups excluding carboxylic acids is 2. The van der Waals surface area contributed by atoms with Gasteiger partial charge in [0.1, 0.15) is 5.75 Å². The highest BCUT2D eigenvalue weighted by Crippen LogP contribution is 2.30. The SMILES string of the molecule is CCOC(=O)C(Oc1c(I)cc(I)cc1I)C(=O)OCC. The van der Waals surface area contributed by atoms with Crippen LogP contribution in [0.3, 0.4) is 0 Å². The minimum atomic E-state index is -1.41. The standard InChI is InChI=1S/C13H13I3O5/c1-3-19-12(17)11(13(18)20-4-2)21-10-8(15)5-7(14)6-9(10)16/h5-6,11H,3-4H2,1-2H3. The molecule has 8 heteroatoms. The first-order valence-corrected chi connectivity index (χ1v) is 9.28. The smallest absolute Gasteiger partial charge is 0.359 e. The normalized spacial score (nSPS) is 10.4. The van der Waals surface area contributed by atoms with Crippen LogP contribution in [-0.4, -0.2) is 31.3 Å². The van der Waals surface area contributed by atoms with Crippen molar-refractivity contribution in [1.82, 2.24) is 0 Å². The maximum Gasteiger partial charge on any atom is 0.359 e. The van der Waals surface area contributed by atoms with Gasteiger partial charge in [0.25, 0.3) is 6.10 Å². The minimum Gasteiger partial charge on any atom is -0.465 e. The maximum absolute atomic E-state index is 11.9. The molecule has 116 valence electrons. The number of rotatable bonds is 6. The van der Waals surface area contributed by atoms with E-state index in [9.17, 15) is 9.59 Å². The molecule has 0 radical (unpaired) electrons. The molecule has 0 saturated carbocycles. The number of benzene rings is 1. The molecule has 0 heterocycles. The van der Waals surface area contributed by atoms with Crippen molar-refractivity contribution in [2.45, 2.75) is 20.0 Å². The first-order chi connectivity index (χ1) is 9.90. The van der Waals surface area contributed by atoms with E-state index in [0.717, 1.165) is 10.7 Å². The van der Waals surface area contributed by atoms with Crippen molar-refractivity contribution in [3.8, 4) is 5.75 Å². The lowest BCUT2D eigenvalue weighted by Crippen LogP contribution is -2.39. The molecule has 0 spiro atoms. The minimum absolute atomic E-state index is 0.166. The molecule has 0 aliphatic rings. The molecular weight excluding hydrogens is 617 g/mol. The number of carbonyl (C=O) groups is 2. The zero-order chi connectivity index (χ0) is 16.0. The van der Waals surface area contributed by atoms with Crippen LogP contribution in [0.4, 0.5) is 0 Å². The van der Waals surface area contributed by atoms with Gasteiger partial charge in [-0.2, -0.15) is 0 Å². The average molecular weight is 630 g/mol. The van der Waals surface area contributed by atoms with Gasteiger partial charge in [0, 0.05) is 3.57 Å². The van der Waals surface area contributed by atoms with Gasteiger partial charge >= 0.3 is 11.9 Å². The van der Waals surface area contributed by atoms with Gasteiger partial charge in [-0.3, -0.25) is 0 Å². The second kappa shape index (κ2) is 9.33. The van der Waals surface area contributed by atoms with E-state index in [1.165, 1.54) is 0 Å². The first kappa shape index (κ1) is 19.2. The van der Waals surface area contributed by atoms with Crippen molar-refractivity contribution in [2.24, 2.45) is 0 Å². The van der Waals surface area contributed by atoms with Crippen LogP contribution in [0.15, 0.2) is 12.1 Å². The highest BCUT2D eigenvalue weighted by molar-refractivity contribution is 14.1. The van der Waals surface area contributed by atoms with E-state index >= 15 is 0 Å². The van der Waals surface area contributed by atoms with Crippen molar-refractivity contribution < 1.29 is 23.8 Å². The van der Waals surface area contributed by atoms with E-state index in [-0.39, 0.29) is 13.2 Å². The number of halogens is 3. The van der Waals surface area contributed by atoms with Crippen LogP contribution in [0.25, 0.3) is 0 Å². The number of ether oxygens (including phenoxy) is 3. The molecule has 1 aromatic rings. The number of hydrogen-bond donors (Lipinski definition) is 0. The van der Waals surface area contributed by atoms with Crippen LogP contribution in [0.1, 0.15) is 13.8 Å². The summed E-state index contributed by atoms with van der Waals surface area (Å²) in [5.41, 5.74) is 0. The zero-order valence-electron chi connectivity index (χ0n) is 11.3. The quantitative estimate of drug-likeness (QED) is 0.275. The van der Waals surface area contributed by atoms with Gasteiger partial charge in [-0.25, -0.2) is 9.59 Å².